The second-order valence-electron chi connectivity index (χ2n) is 3.96. The van der Waals surface area contributed by atoms with Gasteiger partial charge in [-0.25, -0.2) is 9.59 Å². The van der Waals surface area contributed by atoms with Crippen LogP contribution in [0.3, 0.4) is 0 Å². The second kappa shape index (κ2) is 10.5. The van der Waals surface area contributed by atoms with Gasteiger partial charge in [-0.05, 0) is 13.3 Å². The normalized spacial score (nSPS) is 11.1. The van der Waals surface area contributed by atoms with Gasteiger partial charge in [-0.2, -0.15) is 0 Å². The number of urea groups is 1. The van der Waals surface area contributed by atoms with E-state index in [1.165, 1.54) is 7.11 Å². The molecule has 0 fully saturated rings. The summed E-state index contributed by atoms with van der Waals surface area (Å²) in [5, 5.41) is 13.4. The minimum atomic E-state index is -1.26. The molecule has 0 aliphatic heterocycles. The maximum Gasteiger partial charge on any atom is 0.326 e. The molecule has 0 rings (SSSR count). The highest BCUT2D eigenvalue weighted by atomic mass is 16.5. The van der Waals surface area contributed by atoms with E-state index in [-0.39, 0.29) is 32.4 Å². The Bertz CT molecular complexity index is 384. The number of carboxylic acid groups (broad SMARTS) is 1. The molecule has 3 N–H and O–H groups in total. The van der Waals surface area contributed by atoms with Crippen LogP contribution >= 0.6 is 0 Å². The highest BCUT2D eigenvalue weighted by molar-refractivity contribution is 5.83. The molecule has 0 aliphatic carbocycles. The molecule has 0 saturated heterocycles. The molecule has 9 heteroatoms. The molecular weight excluding hydrogens is 284 g/mol. The lowest BCUT2D eigenvalue weighted by atomic mass is 10.1. The number of esters is 2. The van der Waals surface area contributed by atoms with Crippen LogP contribution in [-0.4, -0.2) is 55.3 Å². The zero-order valence-electron chi connectivity index (χ0n) is 12.0. The molecule has 9 nitrogen and oxygen atoms in total. The summed E-state index contributed by atoms with van der Waals surface area (Å²) in [6, 6.07) is -1.96. The zero-order valence-corrected chi connectivity index (χ0v) is 12.0. The average Bonchev–Trinajstić information content (AvgIpc) is 2.42. The van der Waals surface area contributed by atoms with E-state index >= 15 is 0 Å². The van der Waals surface area contributed by atoms with E-state index in [0.717, 1.165) is 0 Å². The third-order valence-corrected chi connectivity index (χ3v) is 2.39. The number of hydrogen-bond donors (Lipinski definition) is 3. The minimum absolute atomic E-state index is 0.0127. The molecule has 0 aromatic rings. The van der Waals surface area contributed by atoms with Crippen LogP contribution in [0.5, 0.6) is 0 Å². The number of methoxy groups -OCH3 is 1. The Hall–Kier alpha value is -2.32. The van der Waals surface area contributed by atoms with Crippen molar-refractivity contribution in [3.8, 4) is 0 Å². The molecule has 0 saturated carbocycles. The Kier molecular flexibility index (Phi) is 9.31. The lowest BCUT2D eigenvalue weighted by molar-refractivity contribution is -0.144. The summed E-state index contributed by atoms with van der Waals surface area (Å²) in [6.07, 6.45) is -0.231. The third kappa shape index (κ3) is 9.25. The molecule has 120 valence electrons. The maximum absolute atomic E-state index is 11.5. The SMILES string of the molecule is CCOC(=O)CCNC(=O)N[C@@H](CCC(=O)OC)C(=O)O. The first-order valence-electron chi connectivity index (χ1n) is 6.40. The molecule has 0 radical (unpaired) electrons. The number of rotatable bonds is 9. The number of nitrogens with one attached hydrogen (secondary N) is 2. The van der Waals surface area contributed by atoms with Gasteiger partial charge in [0, 0.05) is 13.0 Å². The Labute approximate surface area is 122 Å². The lowest BCUT2D eigenvalue weighted by Gasteiger charge is -2.14. The Morgan fingerprint density at radius 1 is 1.14 bits per heavy atom. The van der Waals surface area contributed by atoms with E-state index < -0.39 is 30.0 Å². The van der Waals surface area contributed by atoms with Crippen molar-refractivity contribution in [1.29, 1.82) is 0 Å². The maximum atomic E-state index is 11.5. The number of carboxylic acids is 1. The predicted molar refractivity (Wildman–Crippen MR) is 70.5 cm³/mol. The van der Waals surface area contributed by atoms with Crippen molar-refractivity contribution in [2.45, 2.75) is 32.2 Å². The minimum Gasteiger partial charge on any atom is -0.480 e. The highest BCUT2D eigenvalue weighted by Gasteiger charge is 2.21. The molecule has 21 heavy (non-hydrogen) atoms. The molecule has 0 aromatic carbocycles. The summed E-state index contributed by atoms with van der Waals surface area (Å²) in [7, 11) is 1.19. The average molecular weight is 304 g/mol. The first-order valence-corrected chi connectivity index (χ1v) is 6.40. The standard InChI is InChI=1S/C12H20N2O7/c1-3-21-10(16)6-7-13-12(19)14-8(11(17)18)4-5-9(15)20-2/h8H,3-7H2,1-2H3,(H,17,18)(H2,13,14,19)/t8-/m0/s1. The molecule has 0 aromatic heterocycles. The molecule has 0 spiro atoms. The van der Waals surface area contributed by atoms with E-state index in [4.69, 9.17) is 5.11 Å². The quantitative estimate of drug-likeness (QED) is 0.496. The van der Waals surface area contributed by atoms with Crippen LogP contribution in [0.4, 0.5) is 4.79 Å². The third-order valence-electron chi connectivity index (χ3n) is 2.39. The summed E-state index contributed by atoms with van der Waals surface area (Å²) in [6.45, 7) is 1.93. The van der Waals surface area contributed by atoms with E-state index in [1.807, 2.05) is 0 Å². The van der Waals surface area contributed by atoms with Crippen LogP contribution in [0.15, 0.2) is 0 Å². The molecule has 0 heterocycles. The molecule has 1 atom stereocenters. The molecule has 0 aliphatic rings. The van der Waals surface area contributed by atoms with Crippen LogP contribution in [0.2, 0.25) is 0 Å². The highest BCUT2D eigenvalue weighted by Crippen LogP contribution is 1.99. The van der Waals surface area contributed by atoms with Crippen LogP contribution in [-0.2, 0) is 23.9 Å². The van der Waals surface area contributed by atoms with E-state index in [1.54, 1.807) is 6.92 Å². The monoisotopic (exact) mass is 304 g/mol. The molecule has 2 amide bonds. The van der Waals surface area contributed by atoms with Gasteiger partial charge in [0.2, 0.25) is 0 Å². The van der Waals surface area contributed by atoms with Crippen LogP contribution in [0.1, 0.15) is 26.2 Å². The fourth-order valence-electron chi connectivity index (χ4n) is 1.34. The number of aliphatic carboxylic acids is 1. The van der Waals surface area contributed by atoms with E-state index in [9.17, 15) is 19.2 Å². The predicted octanol–water partition coefficient (Wildman–Crippen LogP) is -0.355. The second-order valence-corrected chi connectivity index (χ2v) is 3.96. The fraction of sp³-hybridized carbons (Fsp3) is 0.667. The Morgan fingerprint density at radius 3 is 2.33 bits per heavy atom. The topological polar surface area (TPSA) is 131 Å². The zero-order chi connectivity index (χ0) is 16.3. The van der Waals surface area contributed by atoms with Crippen molar-refractivity contribution in [2.75, 3.05) is 20.3 Å². The van der Waals surface area contributed by atoms with Crippen molar-refractivity contribution >= 4 is 23.9 Å². The van der Waals surface area contributed by atoms with Gasteiger partial charge in [-0.1, -0.05) is 0 Å². The first kappa shape index (κ1) is 18.7. The van der Waals surface area contributed by atoms with Crippen molar-refractivity contribution < 1.29 is 33.8 Å². The van der Waals surface area contributed by atoms with Crippen LogP contribution < -0.4 is 10.6 Å². The lowest BCUT2D eigenvalue weighted by Crippen LogP contribution is -2.46. The smallest absolute Gasteiger partial charge is 0.326 e. The van der Waals surface area contributed by atoms with Gasteiger partial charge in [-0.3, -0.25) is 9.59 Å². The number of carbonyl (C=O) groups is 4. The van der Waals surface area contributed by atoms with Crippen LogP contribution in [0, 0.1) is 0 Å². The molecule has 0 bridgehead atoms. The summed E-state index contributed by atoms with van der Waals surface area (Å²) in [5.41, 5.74) is 0. The van der Waals surface area contributed by atoms with Crippen molar-refractivity contribution in [2.24, 2.45) is 0 Å². The summed E-state index contributed by atoms with van der Waals surface area (Å²) in [5.74, 6) is -2.29. The van der Waals surface area contributed by atoms with Crippen molar-refractivity contribution in [3.63, 3.8) is 0 Å². The van der Waals surface area contributed by atoms with Gasteiger partial charge in [0.1, 0.15) is 6.04 Å². The van der Waals surface area contributed by atoms with Gasteiger partial charge in [0.05, 0.1) is 20.1 Å². The fourth-order valence-corrected chi connectivity index (χ4v) is 1.34. The Morgan fingerprint density at radius 2 is 1.81 bits per heavy atom. The Balaban J connectivity index is 4.09. The van der Waals surface area contributed by atoms with Gasteiger partial charge in [-0.15, -0.1) is 0 Å². The summed E-state index contributed by atoms with van der Waals surface area (Å²) in [4.78, 5) is 44.4. The molecular formula is C12H20N2O7. The van der Waals surface area contributed by atoms with Gasteiger partial charge >= 0.3 is 23.9 Å². The van der Waals surface area contributed by atoms with E-state index in [2.05, 4.69) is 20.1 Å². The summed E-state index contributed by atoms with van der Waals surface area (Å²) >= 11 is 0. The number of carbonyl (C=O) groups excluding carboxylic acids is 3. The molecule has 0 unspecified atom stereocenters. The van der Waals surface area contributed by atoms with Gasteiger partial charge in [0.25, 0.3) is 0 Å². The number of amides is 2. The van der Waals surface area contributed by atoms with Crippen LogP contribution in [0.25, 0.3) is 0 Å². The number of hydrogen-bond acceptors (Lipinski definition) is 6. The van der Waals surface area contributed by atoms with Crippen molar-refractivity contribution in [1.82, 2.24) is 10.6 Å². The van der Waals surface area contributed by atoms with Gasteiger partial charge in [0.15, 0.2) is 0 Å². The first-order chi connectivity index (χ1) is 9.90. The van der Waals surface area contributed by atoms with Gasteiger partial charge < -0.3 is 25.2 Å². The summed E-state index contributed by atoms with van der Waals surface area (Å²) < 4.78 is 9.05. The van der Waals surface area contributed by atoms with Crippen molar-refractivity contribution in [3.05, 3.63) is 0 Å². The largest absolute Gasteiger partial charge is 0.480 e. The van der Waals surface area contributed by atoms with E-state index in [0.29, 0.717) is 0 Å². The number of ether oxygens (including phenoxy) is 2.